The van der Waals surface area contributed by atoms with Crippen molar-refractivity contribution in [2.45, 2.75) is 6.92 Å². The van der Waals surface area contributed by atoms with Crippen LogP contribution in [0.4, 0.5) is 5.69 Å². The van der Waals surface area contributed by atoms with Crippen LogP contribution in [0.25, 0.3) is 0 Å². The number of nitrogens with one attached hydrogen (secondary N) is 1. The van der Waals surface area contributed by atoms with Crippen LogP contribution in [-0.4, -0.2) is 37.2 Å². The molecule has 98 valence electrons. The number of carbonyl (C=O) groups excluding carboxylic acids is 1. The van der Waals surface area contributed by atoms with E-state index in [1.165, 1.54) is 0 Å². The number of ether oxygens (including phenoxy) is 1. The molecule has 1 fully saturated rings. The van der Waals surface area contributed by atoms with Crippen LogP contribution in [0.2, 0.25) is 0 Å². The molecule has 0 aromatic heterocycles. The van der Waals surface area contributed by atoms with Gasteiger partial charge in [0.15, 0.2) is 0 Å². The lowest BCUT2D eigenvalue weighted by molar-refractivity contribution is 0.0126. The number of amides is 1. The predicted octanol–water partition coefficient (Wildman–Crippen LogP) is 1.32. The molecule has 0 aliphatic carbocycles. The van der Waals surface area contributed by atoms with Gasteiger partial charge in [0.1, 0.15) is 0 Å². The van der Waals surface area contributed by atoms with E-state index < -0.39 is 0 Å². The molecule has 18 heavy (non-hydrogen) atoms. The van der Waals surface area contributed by atoms with Crippen LogP contribution in [0.1, 0.15) is 15.9 Å². The molecule has 1 aliphatic heterocycles. The van der Waals surface area contributed by atoms with Gasteiger partial charge in [-0.2, -0.15) is 0 Å². The molecule has 0 saturated carbocycles. The normalized spacial score (nSPS) is 16.6. The van der Waals surface area contributed by atoms with Gasteiger partial charge in [0.25, 0.3) is 5.91 Å². The number of hydrogen-bond donors (Lipinski definition) is 2. The number of benzene rings is 1. The first-order chi connectivity index (χ1) is 8.58. The molecule has 0 unspecified atom stereocenters. The van der Waals surface area contributed by atoms with Gasteiger partial charge in [-0.25, -0.2) is 5.01 Å². The number of nitrogens with two attached hydrogens (primary N) is 1. The number of anilines is 1. The zero-order chi connectivity index (χ0) is 13.1. The second-order valence-electron chi connectivity index (χ2n) is 4.21. The highest BCUT2D eigenvalue weighted by Gasteiger charge is 2.17. The number of nitrogens with zero attached hydrogens (tertiary/aromatic N) is 1. The summed E-state index contributed by atoms with van der Waals surface area (Å²) in [6.07, 6.45) is 0. The van der Waals surface area contributed by atoms with E-state index >= 15 is 0 Å². The summed E-state index contributed by atoms with van der Waals surface area (Å²) in [5, 5.41) is 1.86. The van der Waals surface area contributed by atoms with Gasteiger partial charge in [-0.1, -0.05) is 15.9 Å². The molecule has 5 nitrogen and oxygen atoms in total. The second kappa shape index (κ2) is 5.69. The molecule has 0 bridgehead atoms. The molecule has 6 heteroatoms. The van der Waals surface area contributed by atoms with Crippen LogP contribution in [-0.2, 0) is 4.74 Å². The molecule has 2 rings (SSSR count). The quantitative estimate of drug-likeness (QED) is 0.808. The van der Waals surface area contributed by atoms with Crippen molar-refractivity contribution < 1.29 is 9.53 Å². The Labute approximate surface area is 114 Å². The highest BCUT2D eigenvalue weighted by Crippen LogP contribution is 2.22. The monoisotopic (exact) mass is 313 g/mol. The fourth-order valence-electron chi connectivity index (χ4n) is 1.81. The largest absolute Gasteiger partial charge is 0.398 e. The van der Waals surface area contributed by atoms with E-state index in [4.69, 9.17) is 10.5 Å². The van der Waals surface area contributed by atoms with Gasteiger partial charge in [-0.05, 0) is 24.6 Å². The van der Waals surface area contributed by atoms with E-state index in [1.807, 2.05) is 11.9 Å². The average Bonchev–Trinajstić information content (AvgIpc) is 2.35. The number of carbonyl (C=O) groups is 1. The SMILES string of the molecule is Cc1c(N)cc(Br)cc1C(=O)NN1CCOCC1. The summed E-state index contributed by atoms with van der Waals surface area (Å²) in [6.45, 7) is 4.53. The van der Waals surface area contributed by atoms with Gasteiger partial charge >= 0.3 is 0 Å². The lowest BCUT2D eigenvalue weighted by atomic mass is 10.1. The van der Waals surface area contributed by atoms with E-state index in [-0.39, 0.29) is 5.91 Å². The Morgan fingerprint density at radius 1 is 1.44 bits per heavy atom. The summed E-state index contributed by atoms with van der Waals surface area (Å²) in [5.41, 5.74) is 10.7. The molecule has 1 aliphatic rings. The average molecular weight is 314 g/mol. The Kier molecular flexibility index (Phi) is 4.21. The molecule has 1 amide bonds. The van der Waals surface area contributed by atoms with Gasteiger partial charge in [0, 0.05) is 28.8 Å². The minimum absolute atomic E-state index is 0.137. The standard InChI is InChI=1S/C12H16BrN3O2/c1-8-10(6-9(13)7-11(8)14)12(17)15-16-2-4-18-5-3-16/h6-7H,2-5,14H2,1H3,(H,15,17). The molecular formula is C12H16BrN3O2. The number of rotatable bonds is 2. The number of hydrazine groups is 1. The highest BCUT2D eigenvalue weighted by molar-refractivity contribution is 9.10. The summed E-state index contributed by atoms with van der Waals surface area (Å²) in [6, 6.07) is 3.57. The van der Waals surface area contributed by atoms with Crippen LogP contribution < -0.4 is 11.2 Å². The Hall–Kier alpha value is -1.11. The summed E-state index contributed by atoms with van der Waals surface area (Å²) in [7, 11) is 0. The third-order valence-corrected chi connectivity index (χ3v) is 3.39. The van der Waals surface area contributed by atoms with Crippen molar-refractivity contribution in [1.29, 1.82) is 0 Å². The van der Waals surface area contributed by atoms with Crippen molar-refractivity contribution >= 4 is 27.5 Å². The highest BCUT2D eigenvalue weighted by atomic mass is 79.9. The third kappa shape index (κ3) is 3.01. The minimum Gasteiger partial charge on any atom is -0.398 e. The maximum absolute atomic E-state index is 12.2. The number of nitrogen functional groups attached to an aromatic ring is 1. The van der Waals surface area contributed by atoms with Gasteiger partial charge < -0.3 is 10.5 Å². The predicted molar refractivity (Wildman–Crippen MR) is 73.1 cm³/mol. The second-order valence-corrected chi connectivity index (χ2v) is 5.12. The van der Waals surface area contributed by atoms with Crippen molar-refractivity contribution in [2.75, 3.05) is 32.0 Å². The van der Waals surface area contributed by atoms with E-state index in [9.17, 15) is 4.79 Å². The Balaban J connectivity index is 2.13. The van der Waals surface area contributed by atoms with E-state index in [1.54, 1.807) is 12.1 Å². The summed E-state index contributed by atoms with van der Waals surface area (Å²) in [5.74, 6) is -0.137. The van der Waals surface area contributed by atoms with E-state index in [0.29, 0.717) is 37.6 Å². The van der Waals surface area contributed by atoms with Gasteiger partial charge in [0.05, 0.1) is 13.2 Å². The fourth-order valence-corrected chi connectivity index (χ4v) is 2.29. The first-order valence-corrected chi connectivity index (χ1v) is 6.56. The number of halogens is 1. The minimum atomic E-state index is -0.137. The van der Waals surface area contributed by atoms with Gasteiger partial charge in [-0.3, -0.25) is 10.2 Å². The first-order valence-electron chi connectivity index (χ1n) is 5.77. The maximum Gasteiger partial charge on any atom is 0.265 e. The van der Waals surface area contributed by atoms with E-state index in [2.05, 4.69) is 21.4 Å². The van der Waals surface area contributed by atoms with Crippen LogP contribution in [0.3, 0.4) is 0 Å². The summed E-state index contributed by atoms with van der Waals surface area (Å²) >= 11 is 3.35. The van der Waals surface area contributed by atoms with Crippen LogP contribution in [0.5, 0.6) is 0 Å². The Morgan fingerprint density at radius 2 is 2.11 bits per heavy atom. The summed E-state index contributed by atoms with van der Waals surface area (Å²) in [4.78, 5) is 12.2. The zero-order valence-electron chi connectivity index (χ0n) is 10.2. The maximum atomic E-state index is 12.2. The Bertz CT molecular complexity index is 459. The lowest BCUT2D eigenvalue weighted by Crippen LogP contribution is -2.48. The van der Waals surface area contributed by atoms with Crippen molar-refractivity contribution in [3.63, 3.8) is 0 Å². The van der Waals surface area contributed by atoms with Crippen LogP contribution >= 0.6 is 15.9 Å². The first kappa shape index (κ1) is 13.3. The van der Waals surface area contributed by atoms with Crippen LogP contribution in [0, 0.1) is 6.92 Å². The molecule has 1 heterocycles. The molecule has 0 radical (unpaired) electrons. The molecule has 0 spiro atoms. The topological polar surface area (TPSA) is 67.6 Å². The zero-order valence-corrected chi connectivity index (χ0v) is 11.8. The van der Waals surface area contributed by atoms with Gasteiger partial charge in [-0.15, -0.1) is 0 Å². The lowest BCUT2D eigenvalue weighted by Gasteiger charge is -2.27. The van der Waals surface area contributed by atoms with Crippen molar-refractivity contribution in [2.24, 2.45) is 0 Å². The third-order valence-electron chi connectivity index (χ3n) is 2.93. The van der Waals surface area contributed by atoms with Crippen molar-refractivity contribution in [1.82, 2.24) is 10.4 Å². The molecule has 0 atom stereocenters. The van der Waals surface area contributed by atoms with Crippen LogP contribution in [0.15, 0.2) is 16.6 Å². The molecule has 3 N–H and O–H groups in total. The smallest absolute Gasteiger partial charge is 0.265 e. The fraction of sp³-hybridized carbons (Fsp3) is 0.417. The molecular weight excluding hydrogens is 298 g/mol. The van der Waals surface area contributed by atoms with Gasteiger partial charge in [0.2, 0.25) is 0 Å². The van der Waals surface area contributed by atoms with Crippen molar-refractivity contribution in [3.05, 3.63) is 27.7 Å². The molecule has 1 aromatic rings. The molecule has 1 aromatic carbocycles. The molecule has 1 saturated heterocycles. The summed E-state index contributed by atoms with van der Waals surface area (Å²) < 4.78 is 6.03. The van der Waals surface area contributed by atoms with E-state index in [0.717, 1.165) is 10.0 Å². The number of hydrogen-bond acceptors (Lipinski definition) is 4. The Morgan fingerprint density at radius 3 is 2.78 bits per heavy atom. The van der Waals surface area contributed by atoms with Crippen molar-refractivity contribution in [3.8, 4) is 0 Å². The number of morpholine rings is 1.